The van der Waals surface area contributed by atoms with Crippen LogP contribution in [0.5, 0.6) is 0 Å². The molecule has 1 aromatic heterocycles. The van der Waals surface area contributed by atoms with E-state index in [-0.39, 0.29) is 0 Å². The number of hydrogen-bond acceptors (Lipinski definition) is 3. The van der Waals surface area contributed by atoms with Crippen molar-refractivity contribution in [3.63, 3.8) is 0 Å². The molecule has 1 rings (SSSR count). The molecule has 18 heavy (non-hydrogen) atoms. The van der Waals surface area contributed by atoms with Crippen LogP contribution in [0.15, 0.2) is 12.3 Å². The smallest absolute Gasteiger partial charge is 0.144 e. The lowest BCUT2D eigenvalue weighted by atomic mass is 10.1. The van der Waals surface area contributed by atoms with Gasteiger partial charge in [0.1, 0.15) is 11.9 Å². The molecule has 0 radical (unpaired) electrons. The van der Waals surface area contributed by atoms with Gasteiger partial charge in [-0.3, -0.25) is 0 Å². The van der Waals surface area contributed by atoms with E-state index in [2.05, 4.69) is 30.2 Å². The fourth-order valence-corrected chi connectivity index (χ4v) is 1.99. The second-order valence-electron chi connectivity index (χ2n) is 4.86. The Labute approximate surface area is 110 Å². The Morgan fingerprint density at radius 3 is 2.83 bits per heavy atom. The zero-order valence-electron chi connectivity index (χ0n) is 11.7. The molecule has 0 saturated carbocycles. The first-order chi connectivity index (χ1) is 8.69. The molecule has 1 heterocycles. The van der Waals surface area contributed by atoms with Gasteiger partial charge in [-0.25, -0.2) is 4.98 Å². The van der Waals surface area contributed by atoms with Crippen LogP contribution in [0.3, 0.4) is 0 Å². The van der Waals surface area contributed by atoms with Crippen LogP contribution in [0.4, 0.5) is 5.82 Å². The van der Waals surface area contributed by atoms with Gasteiger partial charge in [-0.1, -0.05) is 32.6 Å². The van der Waals surface area contributed by atoms with Crippen molar-refractivity contribution in [3.8, 4) is 6.07 Å². The average molecular weight is 245 g/mol. The van der Waals surface area contributed by atoms with Gasteiger partial charge in [0.2, 0.25) is 0 Å². The van der Waals surface area contributed by atoms with Crippen molar-refractivity contribution in [1.82, 2.24) is 4.98 Å². The molecule has 1 N–H and O–H groups in total. The van der Waals surface area contributed by atoms with E-state index in [1.807, 2.05) is 13.0 Å². The average Bonchev–Trinajstić information content (AvgIpc) is 2.35. The maximum Gasteiger partial charge on any atom is 0.144 e. The minimum Gasteiger partial charge on any atom is -0.367 e. The third-order valence-electron chi connectivity index (χ3n) is 3.14. The minimum absolute atomic E-state index is 0.364. The molecule has 0 spiro atoms. The molecule has 1 aromatic rings. The Morgan fingerprint density at radius 1 is 1.39 bits per heavy atom. The Kier molecular flexibility index (Phi) is 6.21. The van der Waals surface area contributed by atoms with E-state index < -0.39 is 0 Å². The summed E-state index contributed by atoms with van der Waals surface area (Å²) in [6.45, 7) is 6.31. The monoisotopic (exact) mass is 245 g/mol. The van der Waals surface area contributed by atoms with E-state index in [4.69, 9.17) is 5.26 Å². The van der Waals surface area contributed by atoms with Crippen LogP contribution in [0.2, 0.25) is 0 Å². The van der Waals surface area contributed by atoms with Crippen LogP contribution < -0.4 is 5.32 Å². The SMILES string of the molecule is CCCCCCC(C)Nc1nccc(C)c1C#N. The number of nitrogens with zero attached hydrogens (tertiary/aromatic N) is 2. The van der Waals surface area contributed by atoms with Crippen LogP contribution in [0, 0.1) is 18.3 Å². The van der Waals surface area contributed by atoms with Gasteiger partial charge in [0.15, 0.2) is 0 Å². The minimum atomic E-state index is 0.364. The maximum absolute atomic E-state index is 9.13. The van der Waals surface area contributed by atoms with Crippen molar-refractivity contribution in [3.05, 3.63) is 23.4 Å². The normalized spacial score (nSPS) is 11.9. The van der Waals surface area contributed by atoms with Gasteiger partial charge in [-0.05, 0) is 31.9 Å². The first-order valence-corrected chi connectivity index (χ1v) is 6.81. The van der Waals surface area contributed by atoms with E-state index in [1.54, 1.807) is 6.20 Å². The number of aryl methyl sites for hydroxylation is 1. The number of unbranched alkanes of at least 4 members (excludes halogenated alkanes) is 3. The highest BCUT2D eigenvalue weighted by atomic mass is 15.0. The molecule has 0 fully saturated rings. The van der Waals surface area contributed by atoms with Crippen molar-refractivity contribution >= 4 is 5.82 Å². The molecule has 0 aliphatic carbocycles. The lowest BCUT2D eigenvalue weighted by Gasteiger charge is -2.15. The van der Waals surface area contributed by atoms with Gasteiger partial charge in [0.25, 0.3) is 0 Å². The van der Waals surface area contributed by atoms with Gasteiger partial charge in [0.05, 0.1) is 5.56 Å². The third kappa shape index (κ3) is 4.37. The summed E-state index contributed by atoms with van der Waals surface area (Å²) in [4.78, 5) is 4.26. The Bertz CT molecular complexity index is 407. The summed E-state index contributed by atoms with van der Waals surface area (Å²) >= 11 is 0. The molecule has 1 atom stereocenters. The van der Waals surface area contributed by atoms with Crippen LogP contribution in [0.1, 0.15) is 57.1 Å². The molecule has 3 nitrogen and oxygen atoms in total. The summed E-state index contributed by atoms with van der Waals surface area (Å²) < 4.78 is 0. The van der Waals surface area contributed by atoms with E-state index in [1.165, 1.54) is 25.7 Å². The largest absolute Gasteiger partial charge is 0.367 e. The highest BCUT2D eigenvalue weighted by Crippen LogP contribution is 2.17. The molecular formula is C15H23N3. The summed E-state index contributed by atoms with van der Waals surface area (Å²) in [5, 5.41) is 12.5. The van der Waals surface area contributed by atoms with Gasteiger partial charge in [-0.15, -0.1) is 0 Å². The van der Waals surface area contributed by atoms with Crippen LogP contribution in [-0.2, 0) is 0 Å². The number of nitriles is 1. The van der Waals surface area contributed by atoms with Gasteiger partial charge in [-0.2, -0.15) is 5.26 Å². The van der Waals surface area contributed by atoms with Crippen molar-refractivity contribution in [1.29, 1.82) is 5.26 Å². The van der Waals surface area contributed by atoms with Gasteiger partial charge in [0, 0.05) is 12.2 Å². The summed E-state index contributed by atoms with van der Waals surface area (Å²) in [6, 6.07) is 4.46. The van der Waals surface area contributed by atoms with Crippen LogP contribution in [0.25, 0.3) is 0 Å². The molecule has 0 aliphatic heterocycles. The van der Waals surface area contributed by atoms with Crippen LogP contribution in [-0.4, -0.2) is 11.0 Å². The number of rotatable bonds is 7. The lowest BCUT2D eigenvalue weighted by molar-refractivity contribution is 0.593. The van der Waals surface area contributed by atoms with Gasteiger partial charge < -0.3 is 5.32 Å². The van der Waals surface area contributed by atoms with Crippen molar-refractivity contribution < 1.29 is 0 Å². The van der Waals surface area contributed by atoms with Crippen molar-refractivity contribution in [2.75, 3.05) is 5.32 Å². The number of nitrogens with one attached hydrogen (secondary N) is 1. The molecular weight excluding hydrogens is 222 g/mol. The second kappa shape index (κ2) is 7.71. The fourth-order valence-electron chi connectivity index (χ4n) is 1.99. The first-order valence-electron chi connectivity index (χ1n) is 6.81. The van der Waals surface area contributed by atoms with Crippen molar-refractivity contribution in [2.24, 2.45) is 0 Å². The predicted octanol–water partition coefficient (Wildman–Crippen LogP) is 4.03. The summed E-state index contributed by atoms with van der Waals surface area (Å²) in [7, 11) is 0. The van der Waals surface area contributed by atoms with Gasteiger partial charge >= 0.3 is 0 Å². The third-order valence-corrected chi connectivity index (χ3v) is 3.14. The standard InChI is InChI=1S/C15H23N3/c1-4-5-6-7-8-13(3)18-15-14(11-16)12(2)9-10-17-15/h9-10,13H,4-8H2,1-3H3,(H,17,18). The molecule has 0 bridgehead atoms. The molecule has 1 unspecified atom stereocenters. The quantitative estimate of drug-likeness (QED) is 0.738. The zero-order valence-corrected chi connectivity index (χ0v) is 11.7. The van der Waals surface area contributed by atoms with E-state index in [0.717, 1.165) is 17.8 Å². The molecule has 0 aliphatic rings. The summed E-state index contributed by atoms with van der Waals surface area (Å²) in [6.07, 6.45) is 7.96. The molecule has 98 valence electrons. The van der Waals surface area contributed by atoms with Crippen LogP contribution >= 0.6 is 0 Å². The molecule has 0 amide bonds. The number of aromatic nitrogens is 1. The zero-order chi connectivity index (χ0) is 13.4. The second-order valence-corrected chi connectivity index (χ2v) is 4.86. The number of pyridine rings is 1. The highest BCUT2D eigenvalue weighted by molar-refractivity contribution is 5.55. The van der Waals surface area contributed by atoms with E-state index in [9.17, 15) is 0 Å². The Morgan fingerprint density at radius 2 is 2.17 bits per heavy atom. The molecule has 0 saturated heterocycles. The number of anilines is 1. The van der Waals surface area contributed by atoms with E-state index in [0.29, 0.717) is 11.6 Å². The summed E-state index contributed by atoms with van der Waals surface area (Å²) in [5.74, 6) is 0.723. The fraction of sp³-hybridized carbons (Fsp3) is 0.600. The predicted molar refractivity (Wildman–Crippen MR) is 75.5 cm³/mol. The Hall–Kier alpha value is -1.56. The molecule has 3 heteroatoms. The summed E-state index contributed by atoms with van der Waals surface area (Å²) in [5.41, 5.74) is 1.64. The lowest BCUT2D eigenvalue weighted by Crippen LogP contribution is -2.17. The van der Waals surface area contributed by atoms with Crippen molar-refractivity contribution in [2.45, 2.75) is 58.9 Å². The highest BCUT2D eigenvalue weighted by Gasteiger charge is 2.09. The maximum atomic E-state index is 9.13. The van der Waals surface area contributed by atoms with E-state index >= 15 is 0 Å². The Balaban J connectivity index is 2.52. The molecule has 0 aromatic carbocycles. The topological polar surface area (TPSA) is 48.7 Å². The first kappa shape index (κ1) is 14.5. The number of hydrogen-bond donors (Lipinski definition) is 1.